The maximum absolute atomic E-state index is 15.1. The number of carboxylic acid groups (broad SMARTS) is 1. The predicted octanol–water partition coefficient (Wildman–Crippen LogP) is 4.31. The van der Waals surface area contributed by atoms with Crippen LogP contribution in [0.5, 0.6) is 23.0 Å². The molecule has 0 radical (unpaired) electrons. The molecule has 4 aromatic carbocycles. The van der Waals surface area contributed by atoms with E-state index in [1.165, 1.54) is 26.4 Å². The molecule has 3 heterocycles. The molecule has 0 spiro atoms. The summed E-state index contributed by atoms with van der Waals surface area (Å²) >= 11 is 0. The number of fused-ring (bicyclic) bond motifs is 7. The lowest BCUT2D eigenvalue weighted by atomic mass is 10.0. The van der Waals surface area contributed by atoms with Gasteiger partial charge in [-0.15, -0.1) is 0 Å². The molecule has 6 bridgehead atoms. The van der Waals surface area contributed by atoms with Crippen LogP contribution in [0.4, 0.5) is 4.39 Å². The van der Waals surface area contributed by atoms with Crippen molar-refractivity contribution in [3.63, 3.8) is 0 Å². The molecule has 4 aromatic rings. The summed E-state index contributed by atoms with van der Waals surface area (Å²) < 4.78 is 37.8. The zero-order valence-corrected chi connectivity index (χ0v) is 27.6. The summed E-state index contributed by atoms with van der Waals surface area (Å²) in [7, 11) is 3.00. The van der Waals surface area contributed by atoms with Gasteiger partial charge in [0.25, 0.3) is 23.7 Å². The molecule has 1 saturated heterocycles. The Morgan fingerprint density at radius 1 is 0.880 bits per heavy atom. The summed E-state index contributed by atoms with van der Waals surface area (Å²) in [6.07, 6.45) is -0.656. The number of likely N-dealkylation sites (tertiary alicyclic amines) is 1. The lowest BCUT2D eigenvalue weighted by Crippen LogP contribution is -2.45. The monoisotopic (exact) mass is 685 g/mol. The number of carbonyl (C=O) groups is 4. The van der Waals surface area contributed by atoms with Crippen LogP contribution in [0.25, 0.3) is 11.1 Å². The topological polar surface area (TPSA) is 153 Å². The lowest BCUT2D eigenvalue weighted by Gasteiger charge is -2.21. The summed E-state index contributed by atoms with van der Waals surface area (Å²) in [5, 5.41) is 13.2. The summed E-state index contributed by atoms with van der Waals surface area (Å²) in [5.74, 6) is -0.925. The fourth-order valence-corrected chi connectivity index (χ4v) is 5.46. The van der Waals surface area contributed by atoms with Crippen LogP contribution in [0.1, 0.15) is 33.2 Å². The van der Waals surface area contributed by atoms with Crippen molar-refractivity contribution < 1.29 is 47.6 Å². The van der Waals surface area contributed by atoms with Crippen LogP contribution >= 0.6 is 0 Å². The van der Waals surface area contributed by atoms with E-state index in [4.69, 9.17) is 28.8 Å². The third-order valence-corrected chi connectivity index (χ3v) is 7.92. The van der Waals surface area contributed by atoms with Gasteiger partial charge in [0.1, 0.15) is 34.9 Å². The van der Waals surface area contributed by atoms with Gasteiger partial charge in [0.2, 0.25) is 0 Å². The molecule has 50 heavy (non-hydrogen) atoms. The van der Waals surface area contributed by atoms with Gasteiger partial charge in [-0.2, -0.15) is 0 Å². The van der Waals surface area contributed by atoms with Gasteiger partial charge in [0.15, 0.2) is 6.61 Å². The third kappa shape index (κ3) is 8.86. The van der Waals surface area contributed by atoms with E-state index in [0.29, 0.717) is 39.7 Å². The quantitative estimate of drug-likeness (QED) is 0.287. The number of benzene rings is 4. The summed E-state index contributed by atoms with van der Waals surface area (Å²) in [5.41, 5.74) is 2.27. The molecule has 0 saturated carbocycles. The van der Waals surface area contributed by atoms with Gasteiger partial charge < -0.3 is 39.6 Å². The molecule has 2 atom stereocenters. The average molecular weight is 686 g/mol. The summed E-state index contributed by atoms with van der Waals surface area (Å²) in [6.45, 7) is 1.44. The molecule has 12 nitrogen and oxygen atoms in total. The van der Waals surface area contributed by atoms with Gasteiger partial charge >= 0.3 is 0 Å². The van der Waals surface area contributed by atoms with Crippen LogP contribution < -0.4 is 29.6 Å². The maximum atomic E-state index is 15.1. The number of amides is 3. The zero-order chi connectivity index (χ0) is 35.8. The van der Waals surface area contributed by atoms with E-state index >= 15 is 4.39 Å². The van der Waals surface area contributed by atoms with E-state index in [2.05, 4.69) is 10.6 Å². The van der Waals surface area contributed by atoms with Crippen LogP contribution in [0.15, 0.2) is 84.9 Å². The Morgan fingerprint density at radius 2 is 1.56 bits per heavy atom. The molecule has 13 heteroatoms. The van der Waals surface area contributed by atoms with Crippen molar-refractivity contribution in [3.05, 3.63) is 107 Å². The number of halogens is 1. The van der Waals surface area contributed by atoms with Crippen LogP contribution in [0, 0.1) is 5.82 Å². The molecular formula is C37H36FN3O9. The number of carbonyl (C=O) groups excluding carboxylic acids is 3. The van der Waals surface area contributed by atoms with Gasteiger partial charge in [0.05, 0.1) is 32.4 Å². The second-order valence-corrected chi connectivity index (χ2v) is 11.5. The first kappa shape index (κ1) is 35.2. The summed E-state index contributed by atoms with van der Waals surface area (Å²) in [4.78, 5) is 50.3. The SMILES string of the molecule is CC(=O)O.COc1cc(OC)cc(C(=O)N2C[C@@H]3NC(=O)c4cc(ccc4F)-c4cccc(c4)OCC(=O)NCc4ccc(cc4)O[C@H]3C2)c1. The Labute approximate surface area is 287 Å². The number of carboxylic acids is 1. The van der Waals surface area contributed by atoms with Gasteiger partial charge in [-0.25, -0.2) is 4.39 Å². The average Bonchev–Trinajstić information content (AvgIpc) is 3.50. The van der Waals surface area contributed by atoms with Gasteiger partial charge in [0, 0.05) is 31.6 Å². The largest absolute Gasteiger partial charge is 0.497 e. The smallest absolute Gasteiger partial charge is 0.300 e. The number of rotatable bonds is 3. The first-order valence-corrected chi connectivity index (χ1v) is 15.6. The fraction of sp³-hybridized carbons (Fsp3) is 0.243. The zero-order valence-electron chi connectivity index (χ0n) is 27.6. The Balaban J connectivity index is 0.00000115. The van der Waals surface area contributed by atoms with Crippen molar-refractivity contribution in [2.75, 3.05) is 33.9 Å². The Hall–Kier alpha value is -6.11. The summed E-state index contributed by atoms with van der Waals surface area (Å²) in [6, 6.07) is 22.6. The minimum atomic E-state index is -0.833. The molecule has 3 aliphatic rings. The molecule has 0 aromatic heterocycles. The van der Waals surface area contributed by atoms with E-state index in [1.807, 2.05) is 12.1 Å². The number of ether oxygens (including phenoxy) is 4. The second-order valence-electron chi connectivity index (χ2n) is 11.5. The molecule has 1 fully saturated rings. The van der Waals surface area contributed by atoms with Crippen LogP contribution in [-0.4, -0.2) is 79.8 Å². The highest BCUT2D eigenvalue weighted by molar-refractivity contribution is 5.97. The van der Waals surface area contributed by atoms with Crippen molar-refractivity contribution in [2.45, 2.75) is 25.6 Å². The van der Waals surface area contributed by atoms with Crippen molar-refractivity contribution in [1.82, 2.24) is 15.5 Å². The number of methoxy groups -OCH3 is 2. The Bertz CT molecular complexity index is 1860. The molecule has 0 aliphatic carbocycles. The minimum Gasteiger partial charge on any atom is -0.497 e. The van der Waals surface area contributed by atoms with E-state index in [1.54, 1.807) is 65.6 Å². The van der Waals surface area contributed by atoms with E-state index in [-0.39, 0.29) is 43.6 Å². The molecule has 3 amide bonds. The first-order valence-electron chi connectivity index (χ1n) is 15.6. The van der Waals surface area contributed by atoms with E-state index < -0.39 is 29.8 Å². The fourth-order valence-electron chi connectivity index (χ4n) is 5.46. The lowest BCUT2D eigenvalue weighted by molar-refractivity contribution is -0.134. The van der Waals surface area contributed by atoms with Crippen molar-refractivity contribution in [2.24, 2.45) is 0 Å². The van der Waals surface area contributed by atoms with E-state index in [0.717, 1.165) is 12.5 Å². The van der Waals surface area contributed by atoms with Crippen molar-refractivity contribution in [1.29, 1.82) is 0 Å². The molecule has 3 N–H and O–H groups in total. The molecule has 7 rings (SSSR count). The highest BCUT2D eigenvalue weighted by atomic mass is 19.1. The second kappa shape index (κ2) is 15.9. The number of nitrogens with zero attached hydrogens (tertiary/aromatic N) is 1. The Morgan fingerprint density at radius 3 is 2.24 bits per heavy atom. The number of hydrogen-bond donors (Lipinski definition) is 3. The van der Waals surface area contributed by atoms with Crippen molar-refractivity contribution in [3.8, 4) is 34.1 Å². The van der Waals surface area contributed by atoms with Gasteiger partial charge in [-0.1, -0.05) is 30.3 Å². The maximum Gasteiger partial charge on any atom is 0.300 e. The molecule has 0 unspecified atom stereocenters. The minimum absolute atomic E-state index is 0.111. The van der Waals surface area contributed by atoms with Gasteiger partial charge in [-0.3, -0.25) is 19.2 Å². The molecular weight excluding hydrogens is 649 g/mol. The highest BCUT2D eigenvalue weighted by Crippen LogP contribution is 2.28. The van der Waals surface area contributed by atoms with Crippen LogP contribution in [0.3, 0.4) is 0 Å². The molecule has 3 aliphatic heterocycles. The number of nitrogens with one attached hydrogen (secondary N) is 2. The normalized spacial score (nSPS) is 17.0. The van der Waals surface area contributed by atoms with Crippen LogP contribution in [-0.2, 0) is 16.1 Å². The third-order valence-electron chi connectivity index (χ3n) is 7.92. The van der Waals surface area contributed by atoms with Crippen LogP contribution in [0.2, 0.25) is 0 Å². The van der Waals surface area contributed by atoms with E-state index in [9.17, 15) is 14.4 Å². The van der Waals surface area contributed by atoms with Gasteiger partial charge in [-0.05, 0) is 65.2 Å². The predicted molar refractivity (Wildman–Crippen MR) is 180 cm³/mol. The van der Waals surface area contributed by atoms with Crippen molar-refractivity contribution >= 4 is 23.7 Å². The molecule has 260 valence electrons. The Kier molecular flexibility index (Phi) is 11.2. The number of aliphatic carboxylic acids is 1. The first-order chi connectivity index (χ1) is 24.0. The highest BCUT2D eigenvalue weighted by Gasteiger charge is 2.39. The standard InChI is InChI=1S/C35H32FN3O7.C2H4O2/c1-43-27-13-24(14-28(16-27)44-2)35(42)39-18-31-32(19-39)46-25-9-6-21(7-10-25)17-37-33(40)20-45-26-5-3-4-22(12-26)23-8-11-30(36)29(15-23)34(41)38-31;1-2(3)4/h3-16,31-32H,17-20H2,1-2H3,(H,37,40)(H,38,41);1H3,(H,3,4)/t31-,32-;/m0./s1. The number of hydrogen-bond acceptors (Lipinski definition) is 8.